The Kier molecular flexibility index (Phi) is 1.67. The lowest BCUT2D eigenvalue weighted by molar-refractivity contribution is 0.460. The molecule has 1 aromatic heterocycles. The number of hydrogen-bond donors (Lipinski definition) is 0. The normalized spacial score (nSPS) is 24.0. The molecule has 0 bridgehead atoms. The van der Waals surface area contributed by atoms with Crippen molar-refractivity contribution in [3.05, 3.63) is 18.0 Å². The van der Waals surface area contributed by atoms with Crippen molar-refractivity contribution in [2.75, 3.05) is 0 Å². The van der Waals surface area contributed by atoms with E-state index in [2.05, 4.69) is 22.0 Å². The van der Waals surface area contributed by atoms with Crippen LogP contribution in [0.15, 0.2) is 6.07 Å². The highest BCUT2D eigenvalue weighted by molar-refractivity contribution is 5.12. The molecule has 0 N–H and O–H groups in total. The van der Waals surface area contributed by atoms with Crippen LogP contribution in [0.5, 0.6) is 0 Å². The van der Waals surface area contributed by atoms with Gasteiger partial charge in [0.2, 0.25) is 0 Å². The van der Waals surface area contributed by atoms with Crippen LogP contribution in [0.4, 0.5) is 0 Å². The lowest BCUT2D eigenvalue weighted by Crippen LogP contribution is -2.05. The van der Waals surface area contributed by atoms with E-state index in [1.54, 1.807) is 0 Å². The van der Waals surface area contributed by atoms with Gasteiger partial charge in [0.25, 0.3) is 0 Å². The van der Waals surface area contributed by atoms with Crippen molar-refractivity contribution in [3.63, 3.8) is 0 Å². The first-order valence-electron chi connectivity index (χ1n) is 5.40. The highest BCUT2D eigenvalue weighted by Gasteiger charge is 2.27. The van der Waals surface area contributed by atoms with Crippen molar-refractivity contribution >= 4 is 0 Å². The molecule has 2 aliphatic carbocycles. The van der Waals surface area contributed by atoms with E-state index in [1.807, 2.05) is 0 Å². The zero-order valence-electron chi connectivity index (χ0n) is 7.87. The van der Waals surface area contributed by atoms with E-state index in [1.165, 1.54) is 44.2 Å². The Morgan fingerprint density at radius 3 is 2.69 bits per heavy atom. The summed E-state index contributed by atoms with van der Waals surface area (Å²) in [5.74, 6) is 0.777. The molecule has 0 atom stereocenters. The number of aromatic nitrogens is 2. The molecule has 1 aromatic rings. The van der Waals surface area contributed by atoms with Gasteiger partial charge in [0, 0.05) is 5.92 Å². The van der Waals surface area contributed by atoms with Crippen LogP contribution in [0.1, 0.15) is 56.2 Å². The molecule has 3 rings (SSSR count). The molecule has 1 radical (unpaired) electrons. The maximum absolute atomic E-state index is 4.62. The van der Waals surface area contributed by atoms with Crippen LogP contribution in [-0.4, -0.2) is 9.78 Å². The fraction of sp³-hybridized carbons (Fsp3) is 0.727. The number of nitrogens with zero attached hydrogens (tertiary/aromatic N) is 2. The fourth-order valence-corrected chi connectivity index (χ4v) is 2.23. The van der Waals surface area contributed by atoms with E-state index < -0.39 is 0 Å². The van der Waals surface area contributed by atoms with Gasteiger partial charge in [0.05, 0.1) is 17.9 Å². The standard InChI is InChI=1S/C11H15N2/c1-2-4-10(3-1)13-8-7-11(12-13)9-5-6-9/h7,9-10H,1-6H2. The van der Waals surface area contributed by atoms with Gasteiger partial charge in [-0.2, -0.15) is 5.10 Å². The third kappa shape index (κ3) is 1.38. The molecule has 69 valence electrons. The SMILES string of the molecule is [c]1cc(C2CC2)nn1C1CCCC1. The van der Waals surface area contributed by atoms with Crippen molar-refractivity contribution in [3.8, 4) is 0 Å². The molecular formula is C11H15N2. The van der Waals surface area contributed by atoms with E-state index in [4.69, 9.17) is 0 Å². The summed E-state index contributed by atoms with van der Waals surface area (Å²) in [5, 5.41) is 4.62. The van der Waals surface area contributed by atoms with E-state index >= 15 is 0 Å². The van der Waals surface area contributed by atoms with Crippen molar-refractivity contribution in [2.45, 2.75) is 50.5 Å². The molecule has 2 nitrogen and oxygen atoms in total. The molecule has 0 aromatic carbocycles. The summed E-state index contributed by atoms with van der Waals surface area (Å²) in [4.78, 5) is 0. The monoisotopic (exact) mass is 175 g/mol. The molecule has 0 amide bonds. The summed E-state index contributed by atoms with van der Waals surface area (Å²) >= 11 is 0. The van der Waals surface area contributed by atoms with Gasteiger partial charge in [0.15, 0.2) is 0 Å². The maximum Gasteiger partial charge on any atom is 0.0869 e. The lowest BCUT2D eigenvalue weighted by atomic mass is 10.3. The minimum Gasteiger partial charge on any atom is -0.260 e. The van der Waals surface area contributed by atoms with Gasteiger partial charge in [-0.1, -0.05) is 12.8 Å². The Balaban J connectivity index is 1.79. The first kappa shape index (κ1) is 7.60. The number of rotatable bonds is 2. The van der Waals surface area contributed by atoms with E-state index in [0.29, 0.717) is 6.04 Å². The van der Waals surface area contributed by atoms with Crippen LogP contribution < -0.4 is 0 Å². The molecule has 0 aliphatic heterocycles. The van der Waals surface area contributed by atoms with E-state index in [-0.39, 0.29) is 0 Å². The molecule has 2 saturated carbocycles. The lowest BCUT2D eigenvalue weighted by Gasteiger charge is -2.07. The minimum atomic E-state index is 0.660. The van der Waals surface area contributed by atoms with Crippen molar-refractivity contribution in [2.24, 2.45) is 0 Å². The molecule has 2 heteroatoms. The molecular weight excluding hydrogens is 160 g/mol. The maximum atomic E-state index is 4.62. The third-order valence-corrected chi connectivity index (χ3v) is 3.23. The molecule has 13 heavy (non-hydrogen) atoms. The van der Waals surface area contributed by atoms with Crippen LogP contribution in [0.3, 0.4) is 0 Å². The predicted octanol–water partition coefficient (Wildman–Crippen LogP) is 2.68. The Bertz CT molecular complexity index is 293. The molecule has 0 saturated heterocycles. The van der Waals surface area contributed by atoms with Crippen LogP contribution in [-0.2, 0) is 0 Å². The van der Waals surface area contributed by atoms with Gasteiger partial charge in [-0.3, -0.25) is 4.68 Å². The first-order valence-corrected chi connectivity index (χ1v) is 5.40. The Hall–Kier alpha value is -0.790. The van der Waals surface area contributed by atoms with Gasteiger partial charge in [0.1, 0.15) is 0 Å². The zero-order valence-corrected chi connectivity index (χ0v) is 7.87. The van der Waals surface area contributed by atoms with Crippen molar-refractivity contribution < 1.29 is 0 Å². The summed E-state index contributed by atoms with van der Waals surface area (Å²) in [6, 6.07) is 2.75. The Labute approximate surface area is 78.9 Å². The Morgan fingerprint density at radius 2 is 2.00 bits per heavy atom. The van der Waals surface area contributed by atoms with E-state index in [0.717, 1.165) is 5.92 Å². The van der Waals surface area contributed by atoms with Gasteiger partial charge >= 0.3 is 0 Å². The average Bonchev–Trinajstić information content (AvgIpc) is 2.72. The molecule has 0 spiro atoms. The van der Waals surface area contributed by atoms with E-state index in [9.17, 15) is 0 Å². The summed E-state index contributed by atoms with van der Waals surface area (Å²) in [6.45, 7) is 0. The van der Waals surface area contributed by atoms with Crippen LogP contribution >= 0.6 is 0 Å². The summed E-state index contributed by atoms with van der Waals surface area (Å²) in [5.41, 5.74) is 1.28. The molecule has 2 fully saturated rings. The first-order chi connectivity index (χ1) is 6.43. The van der Waals surface area contributed by atoms with Gasteiger partial charge in [-0.05, 0) is 31.7 Å². The van der Waals surface area contributed by atoms with Crippen LogP contribution in [0.25, 0.3) is 0 Å². The number of hydrogen-bond acceptors (Lipinski definition) is 1. The Morgan fingerprint density at radius 1 is 1.23 bits per heavy atom. The van der Waals surface area contributed by atoms with Crippen LogP contribution in [0, 0.1) is 6.20 Å². The van der Waals surface area contributed by atoms with Gasteiger partial charge in [-0.25, -0.2) is 0 Å². The highest BCUT2D eigenvalue weighted by Crippen LogP contribution is 2.39. The second-order valence-electron chi connectivity index (χ2n) is 4.36. The minimum absolute atomic E-state index is 0.660. The predicted molar refractivity (Wildman–Crippen MR) is 50.5 cm³/mol. The summed E-state index contributed by atoms with van der Waals surface area (Å²) in [7, 11) is 0. The summed E-state index contributed by atoms with van der Waals surface area (Å²) in [6.07, 6.45) is 11.3. The second kappa shape index (κ2) is 2.86. The second-order valence-corrected chi connectivity index (χ2v) is 4.36. The van der Waals surface area contributed by atoms with Gasteiger partial charge < -0.3 is 0 Å². The third-order valence-electron chi connectivity index (χ3n) is 3.23. The topological polar surface area (TPSA) is 17.8 Å². The molecule has 1 heterocycles. The summed E-state index contributed by atoms with van der Waals surface area (Å²) < 4.78 is 2.08. The fourth-order valence-electron chi connectivity index (χ4n) is 2.23. The highest BCUT2D eigenvalue weighted by atomic mass is 15.3. The van der Waals surface area contributed by atoms with Crippen molar-refractivity contribution in [1.29, 1.82) is 0 Å². The van der Waals surface area contributed by atoms with Gasteiger partial charge in [-0.15, -0.1) is 0 Å². The van der Waals surface area contributed by atoms with Crippen molar-refractivity contribution in [1.82, 2.24) is 9.78 Å². The smallest absolute Gasteiger partial charge is 0.0869 e. The quantitative estimate of drug-likeness (QED) is 0.675. The molecule has 0 unspecified atom stereocenters. The molecule has 2 aliphatic rings. The largest absolute Gasteiger partial charge is 0.260 e. The average molecular weight is 175 g/mol. The zero-order chi connectivity index (χ0) is 8.67. The van der Waals surface area contributed by atoms with Crippen LogP contribution in [0.2, 0.25) is 0 Å².